The standard InChI is InChI=1S/C18H20N4O2S2/c1-3-4-9-22-16(24)13-7-5-6-8-14(13)20-18(22)26-11-15(23)21-17-19-12(2)10-25-17/h5-8,10H,3-4,9,11H2,1-2H3,(H,19,21,23). The van der Waals surface area contributed by atoms with Gasteiger partial charge in [-0.1, -0.05) is 37.2 Å². The van der Waals surface area contributed by atoms with Crippen molar-refractivity contribution in [2.24, 2.45) is 0 Å². The van der Waals surface area contributed by atoms with Crippen LogP contribution in [0.5, 0.6) is 0 Å². The van der Waals surface area contributed by atoms with Gasteiger partial charge in [0.25, 0.3) is 5.56 Å². The van der Waals surface area contributed by atoms with Gasteiger partial charge in [0.15, 0.2) is 10.3 Å². The van der Waals surface area contributed by atoms with E-state index in [2.05, 4.69) is 22.2 Å². The van der Waals surface area contributed by atoms with Crippen molar-refractivity contribution in [3.63, 3.8) is 0 Å². The number of para-hydroxylation sites is 1. The normalized spacial score (nSPS) is 11.0. The fourth-order valence-electron chi connectivity index (χ4n) is 2.47. The van der Waals surface area contributed by atoms with Crippen LogP contribution in [0, 0.1) is 6.92 Å². The highest BCUT2D eigenvalue weighted by molar-refractivity contribution is 7.99. The van der Waals surface area contributed by atoms with E-state index in [-0.39, 0.29) is 17.2 Å². The zero-order valence-electron chi connectivity index (χ0n) is 14.7. The van der Waals surface area contributed by atoms with Crippen LogP contribution in [0.25, 0.3) is 10.9 Å². The van der Waals surface area contributed by atoms with E-state index in [9.17, 15) is 9.59 Å². The quantitative estimate of drug-likeness (QED) is 0.493. The van der Waals surface area contributed by atoms with E-state index in [0.717, 1.165) is 18.5 Å². The first-order valence-corrected chi connectivity index (χ1v) is 10.3. The zero-order chi connectivity index (χ0) is 18.5. The summed E-state index contributed by atoms with van der Waals surface area (Å²) in [6, 6.07) is 7.31. The minimum absolute atomic E-state index is 0.0532. The second-order valence-corrected chi connectivity index (χ2v) is 7.65. The molecule has 0 spiro atoms. The fraction of sp³-hybridized carbons (Fsp3) is 0.333. The van der Waals surface area contributed by atoms with Crippen LogP contribution in [0.3, 0.4) is 0 Å². The summed E-state index contributed by atoms with van der Waals surface area (Å²) in [7, 11) is 0. The lowest BCUT2D eigenvalue weighted by Crippen LogP contribution is -2.24. The lowest BCUT2D eigenvalue weighted by atomic mass is 10.2. The molecule has 0 saturated heterocycles. The number of amides is 1. The van der Waals surface area contributed by atoms with Crippen LogP contribution in [-0.4, -0.2) is 26.2 Å². The van der Waals surface area contributed by atoms with Crippen LogP contribution >= 0.6 is 23.1 Å². The Morgan fingerprint density at radius 1 is 1.31 bits per heavy atom. The zero-order valence-corrected chi connectivity index (χ0v) is 16.3. The second kappa shape index (κ2) is 8.46. The molecular formula is C18H20N4O2S2. The van der Waals surface area contributed by atoms with Crippen molar-refractivity contribution in [2.75, 3.05) is 11.1 Å². The van der Waals surface area contributed by atoms with Gasteiger partial charge in [0.2, 0.25) is 5.91 Å². The van der Waals surface area contributed by atoms with Crippen LogP contribution in [0.1, 0.15) is 25.5 Å². The largest absolute Gasteiger partial charge is 0.301 e. The number of thiazole rings is 1. The molecule has 136 valence electrons. The molecule has 0 aliphatic rings. The molecule has 0 aliphatic carbocycles. The van der Waals surface area contributed by atoms with E-state index in [4.69, 9.17) is 0 Å². The van der Waals surface area contributed by atoms with E-state index < -0.39 is 0 Å². The third kappa shape index (κ3) is 4.31. The van der Waals surface area contributed by atoms with Crippen molar-refractivity contribution in [3.05, 3.63) is 45.7 Å². The molecule has 0 aliphatic heterocycles. The van der Waals surface area contributed by atoms with Crippen molar-refractivity contribution in [1.29, 1.82) is 0 Å². The number of unbranched alkanes of at least 4 members (excludes halogenated alkanes) is 1. The second-order valence-electron chi connectivity index (χ2n) is 5.85. The molecule has 0 bridgehead atoms. The van der Waals surface area contributed by atoms with Crippen LogP contribution in [0.2, 0.25) is 0 Å². The minimum Gasteiger partial charge on any atom is -0.301 e. The Kier molecular flexibility index (Phi) is 6.05. The van der Waals surface area contributed by atoms with Crippen molar-refractivity contribution in [2.45, 2.75) is 38.4 Å². The van der Waals surface area contributed by atoms with Gasteiger partial charge in [-0.2, -0.15) is 0 Å². The Labute approximate surface area is 159 Å². The number of thioether (sulfide) groups is 1. The van der Waals surface area contributed by atoms with Crippen LogP contribution in [-0.2, 0) is 11.3 Å². The number of fused-ring (bicyclic) bond motifs is 1. The Morgan fingerprint density at radius 3 is 2.85 bits per heavy atom. The predicted molar refractivity (Wildman–Crippen MR) is 107 cm³/mol. The maximum atomic E-state index is 12.8. The van der Waals surface area contributed by atoms with Crippen molar-refractivity contribution in [1.82, 2.24) is 14.5 Å². The Bertz CT molecular complexity index is 981. The SMILES string of the molecule is CCCCn1c(SCC(=O)Nc2nc(C)cs2)nc2ccccc2c1=O. The summed E-state index contributed by atoms with van der Waals surface area (Å²) in [6.07, 6.45) is 1.87. The number of nitrogens with zero attached hydrogens (tertiary/aromatic N) is 3. The van der Waals surface area contributed by atoms with Gasteiger partial charge in [-0.15, -0.1) is 11.3 Å². The van der Waals surface area contributed by atoms with Crippen LogP contribution in [0.15, 0.2) is 39.6 Å². The molecule has 0 fully saturated rings. The van der Waals surface area contributed by atoms with E-state index in [1.807, 2.05) is 30.5 Å². The van der Waals surface area contributed by atoms with Gasteiger partial charge in [-0.25, -0.2) is 9.97 Å². The third-order valence-corrected chi connectivity index (χ3v) is 5.61. The van der Waals surface area contributed by atoms with Crippen molar-refractivity contribution in [3.8, 4) is 0 Å². The van der Waals surface area contributed by atoms with Crippen molar-refractivity contribution >= 4 is 45.0 Å². The van der Waals surface area contributed by atoms with Gasteiger partial charge in [-0.3, -0.25) is 14.2 Å². The molecule has 26 heavy (non-hydrogen) atoms. The molecule has 6 nitrogen and oxygen atoms in total. The van der Waals surface area contributed by atoms with Gasteiger partial charge in [0.05, 0.1) is 22.3 Å². The van der Waals surface area contributed by atoms with Gasteiger partial charge in [0, 0.05) is 11.9 Å². The summed E-state index contributed by atoms with van der Waals surface area (Å²) < 4.78 is 1.68. The molecule has 3 aromatic rings. The number of aryl methyl sites for hydroxylation is 1. The number of carbonyl (C=O) groups is 1. The highest BCUT2D eigenvalue weighted by Gasteiger charge is 2.13. The number of aromatic nitrogens is 3. The summed E-state index contributed by atoms with van der Waals surface area (Å²) in [5, 5.41) is 6.43. The Morgan fingerprint density at radius 2 is 2.12 bits per heavy atom. The lowest BCUT2D eigenvalue weighted by molar-refractivity contribution is -0.113. The average molecular weight is 389 g/mol. The lowest BCUT2D eigenvalue weighted by Gasteiger charge is -2.12. The maximum Gasteiger partial charge on any atom is 0.262 e. The first kappa shape index (κ1) is 18.6. The summed E-state index contributed by atoms with van der Waals surface area (Å²) in [5.41, 5.74) is 1.48. The number of carbonyl (C=O) groups excluding carboxylic acids is 1. The smallest absolute Gasteiger partial charge is 0.262 e. The van der Waals surface area contributed by atoms with Crippen LogP contribution in [0.4, 0.5) is 5.13 Å². The number of hydrogen-bond donors (Lipinski definition) is 1. The van der Waals surface area contributed by atoms with Crippen molar-refractivity contribution < 1.29 is 4.79 Å². The van der Waals surface area contributed by atoms with E-state index in [0.29, 0.717) is 27.7 Å². The average Bonchev–Trinajstić information content (AvgIpc) is 3.04. The number of hydrogen-bond acceptors (Lipinski definition) is 6. The molecule has 1 N–H and O–H groups in total. The molecule has 0 saturated carbocycles. The van der Waals surface area contributed by atoms with Gasteiger partial charge in [0.1, 0.15) is 0 Å². The Balaban J connectivity index is 1.81. The number of anilines is 1. The maximum absolute atomic E-state index is 12.8. The predicted octanol–water partition coefficient (Wildman–Crippen LogP) is 3.69. The molecule has 0 atom stereocenters. The summed E-state index contributed by atoms with van der Waals surface area (Å²) in [4.78, 5) is 33.8. The number of rotatable bonds is 7. The van der Waals surface area contributed by atoms with Gasteiger partial charge >= 0.3 is 0 Å². The van der Waals surface area contributed by atoms with Crippen LogP contribution < -0.4 is 10.9 Å². The fourth-order valence-corrected chi connectivity index (χ4v) is 4.00. The summed E-state index contributed by atoms with van der Waals surface area (Å²) >= 11 is 2.67. The molecule has 1 amide bonds. The molecule has 0 radical (unpaired) electrons. The molecule has 0 unspecified atom stereocenters. The topological polar surface area (TPSA) is 76.9 Å². The van der Waals surface area contributed by atoms with E-state index >= 15 is 0 Å². The highest BCUT2D eigenvalue weighted by Crippen LogP contribution is 2.20. The highest BCUT2D eigenvalue weighted by atomic mass is 32.2. The Hall–Kier alpha value is -2.19. The molecule has 3 rings (SSSR count). The number of benzene rings is 1. The summed E-state index contributed by atoms with van der Waals surface area (Å²) in [5.74, 6) is 0.0176. The third-order valence-electron chi connectivity index (χ3n) is 3.76. The van der Waals surface area contributed by atoms with Gasteiger partial charge in [-0.05, 0) is 25.5 Å². The minimum atomic E-state index is -0.159. The monoisotopic (exact) mass is 388 g/mol. The van der Waals surface area contributed by atoms with Gasteiger partial charge < -0.3 is 5.32 Å². The molecule has 2 heterocycles. The number of nitrogens with one attached hydrogen (secondary N) is 1. The molecular weight excluding hydrogens is 368 g/mol. The first-order chi connectivity index (χ1) is 12.6. The molecule has 8 heteroatoms. The summed E-state index contributed by atoms with van der Waals surface area (Å²) in [6.45, 7) is 4.56. The first-order valence-electron chi connectivity index (χ1n) is 8.43. The molecule has 2 aromatic heterocycles. The molecule has 1 aromatic carbocycles. The van der Waals surface area contributed by atoms with E-state index in [1.54, 1.807) is 10.6 Å². The van der Waals surface area contributed by atoms with E-state index in [1.165, 1.54) is 23.1 Å².